The number of rotatable bonds is 4. The van der Waals surface area contributed by atoms with Crippen LogP contribution in [0.4, 0.5) is 5.69 Å². The lowest BCUT2D eigenvalue weighted by Crippen LogP contribution is -2.37. The summed E-state index contributed by atoms with van der Waals surface area (Å²) < 4.78 is 4.94. The summed E-state index contributed by atoms with van der Waals surface area (Å²) in [6.07, 6.45) is 1.91. The van der Waals surface area contributed by atoms with Gasteiger partial charge in [-0.25, -0.2) is 4.79 Å². The van der Waals surface area contributed by atoms with Crippen molar-refractivity contribution in [3.63, 3.8) is 0 Å². The SMILES string of the molecule is CCOC(=O)c1cccc(NC(=O)C2CCCNC2)c1. The van der Waals surface area contributed by atoms with Crippen LogP contribution in [0.5, 0.6) is 0 Å². The van der Waals surface area contributed by atoms with Crippen molar-refractivity contribution in [3.05, 3.63) is 29.8 Å². The molecule has 1 saturated heterocycles. The highest BCUT2D eigenvalue weighted by molar-refractivity contribution is 5.95. The minimum Gasteiger partial charge on any atom is -0.462 e. The minimum atomic E-state index is -0.372. The molecule has 1 unspecified atom stereocenters. The number of hydrogen-bond acceptors (Lipinski definition) is 4. The number of piperidine rings is 1. The Kier molecular flexibility index (Phi) is 5.12. The fraction of sp³-hybridized carbons (Fsp3) is 0.467. The highest BCUT2D eigenvalue weighted by Crippen LogP contribution is 2.16. The molecule has 5 nitrogen and oxygen atoms in total. The van der Waals surface area contributed by atoms with Crippen molar-refractivity contribution in [3.8, 4) is 0 Å². The second kappa shape index (κ2) is 7.05. The fourth-order valence-electron chi connectivity index (χ4n) is 2.26. The van der Waals surface area contributed by atoms with Gasteiger partial charge in [-0.3, -0.25) is 4.79 Å². The number of esters is 1. The minimum absolute atomic E-state index is 0.00166. The van der Waals surface area contributed by atoms with Gasteiger partial charge in [-0.2, -0.15) is 0 Å². The zero-order chi connectivity index (χ0) is 14.4. The Bertz CT molecular complexity index is 482. The number of carbonyl (C=O) groups excluding carboxylic acids is 2. The highest BCUT2D eigenvalue weighted by atomic mass is 16.5. The average molecular weight is 276 g/mol. The van der Waals surface area contributed by atoms with E-state index in [0.717, 1.165) is 19.4 Å². The molecule has 1 aliphatic rings. The molecule has 0 bridgehead atoms. The van der Waals surface area contributed by atoms with E-state index in [0.29, 0.717) is 24.4 Å². The molecular formula is C15H20N2O3. The van der Waals surface area contributed by atoms with Crippen molar-refractivity contribution in [1.29, 1.82) is 0 Å². The van der Waals surface area contributed by atoms with Gasteiger partial charge in [0, 0.05) is 12.2 Å². The molecule has 1 atom stereocenters. The van der Waals surface area contributed by atoms with E-state index >= 15 is 0 Å². The average Bonchev–Trinajstić information content (AvgIpc) is 2.48. The molecule has 1 aliphatic heterocycles. The quantitative estimate of drug-likeness (QED) is 0.823. The zero-order valence-electron chi connectivity index (χ0n) is 11.6. The molecule has 20 heavy (non-hydrogen) atoms. The van der Waals surface area contributed by atoms with Crippen molar-refractivity contribution in [2.75, 3.05) is 25.0 Å². The van der Waals surface area contributed by atoms with Crippen LogP contribution < -0.4 is 10.6 Å². The van der Waals surface area contributed by atoms with E-state index in [1.807, 2.05) is 0 Å². The van der Waals surface area contributed by atoms with Gasteiger partial charge in [0.1, 0.15) is 0 Å². The van der Waals surface area contributed by atoms with Crippen LogP contribution in [-0.4, -0.2) is 31.6 Å². The number of anilines is 1. The summed E-state index contributed by atoms with van der Waals surface area (Å²) in [7, 11) is 0. The lowest BCUT2D eigenvalue weighted by atomic mass is 9.99. The van der Waals surface area contributed by atoms with Crippen LogP contribution in [0.25, 0.3) is 0 Å². The Balaban J connectivity index is 2.00. The maximum Gasteiger partial charge on any atom is 0.338 e. The summed E-state index contributed by atoms with van der Waals surface area (Å²) in [5.74, 6) is -0.379. The van der Waals surface area contributed by atoms with Crippen LogP contribution in [0, 0.1) is 5.92 Å². The Labute approximate surface area is 118 Å². The summed E-state index contributed by atoms with van der Waals surface area (Å²) in [6.45, 7) is 3.79. The number of nitrogens with one attached hydrogen (secondary N) is 2. The van der Waals surface area contributed by atoms with Gasteiger partial charge < -0.3 is 15.4 Å². The first-order valence-electron chi connectivity index (χ1n) is 6.99. The van der Waals surface area contributed by atoms with E-state index in [1.165, 1.54) is 0 Å². The summed E-state index contributed by atoms with van der Waals surface area (Å²) >= 11 is 0. The second-order valence-corrected chi connectivity index (χ2v) is 4.83. The van der Waals surface area contributed by atoms with Gasteiger partial charge in [0.2, 0.25) is 5.91 Å². The number of amides is 1. The molecule has 1 fully saturated rings. The first-order valence-corrected chi connectivity index (χ1v) is 6.99. The molecule has 0 aromatic heterocycles. The molecule has 0 spiro atoms. The monoisotopic (exact) mass is 276 g/mol. The molecule has 1 aromatic rings. The van der Waals surface area contributed by atoms with Gasteiger partial charge in [0.05, 0.1) is 18.1 Å². The van der Waals surface area contributed by atoms with Crippen molar-refractivity contribution in [1.82, 2.24) is 5.32 Å². The molecule has 2 N–H and O–H groups in total. The first-order chi connectivity index (χ1) is 9.70. The van der Waals surface area contributed by atoms with Gasteiger partial charge in [-0.1, -0.05) is 6.07 Å². The lowest BCUT2D eigenvalue weighted by molar-refractivity contribution is -0.120. The van der Waals surface area contributed by atoms with Gasteiger partial charge >= 0.3 is 5.97 Å². The lowest BCUT2D eigenvalue weighted by Gasteiger charge is -2.21. The fourth-order valence-corrected chi connectivity index (χ4v) is 2.26. The highest BCUT2D eigenvalue weighted by Gasteiger charge is 2.21. The molecular weight excluding hydrogens is 256 g/mol. The Morgan fingerprint density at radius 1 is 1.45 bits per heavy atom. The van der Waals surface area contributed by atoms with Crippen LogP contribution in [0.2, 0.25) is 0 Å². The first kappa shape index (κ1) is 14.5. The van der Waals surface area contributed by atoms with Crippen LogP contribution in [0.3, 0.4) is 0 Å². The van der Waals surface area contributed by atoms with Crippen molar-refractivity contribution in [2.45, 2.75) is 19.8 Å². The molecule has 1 aromatic carbocycles. The molecule has 0 saturated carbocycles. The number of hydrogen-bond donors (Lipinski definition) is 2. The summed E-state index contributed by atoms with van der Waals surface area (Å²) in [6, 6.07) is 6.83. The summed E-state index contributed by atoms with van der Waals surface area (Å²) in [5.41, 5.74) is 1.08. The molecule has 0 radical (unpaired) electrons. The summed E-state index contributed by atoms with van der Waals surface area (Å²) in [5, 5.41) is 6.08. The molecule has 0 aliphatic carbocycles. The van der Waals surface area contributed by atoms with E-state index in [4.69, 9.17) is 4.74 Å². The van der Waals surface area contributed by atoms with Gasteiger partial charge in [-0.05, 0) is 44.5 Å². The van der Waals surface area contributed by atoms with E-state index in [-0.39, 0.29) is 17.8 Å². The molecule has 108 valence electrons. The largest absolute Gasteiger partial charge is 0.462 e. The van der Waals surface area contributed by atoms with Crippen LogP contribution in [0.15, 0.2) is 24.3 Å². The predicted octanol–water partition coefficient (Wildman–Crippen LogP) is 1.80. The van der Waals surface area contributed by atoms with Gasteiger partial charge in [-0.15, -0.1) is 0 Å². The van der Waals surface area contributed by atoms with E-state index in [2.05, 4.69) is 10.6 Å². The third-order valence-electron chi connectivity index (χ3n) is 3.31. The van der Waals surface area contributed by atoms with Crippen molar-refractivity contribution >= 4 is 17.6 Å². The molecule has 1 heterocycles. The maximum absolute atomic E-state index is 12.1. The van der Waals surface area contributed by atoms with E-state index in [9.17, 15) is 9.59 Å². The molecule has 2 rings (SSSR count). The van der Waals surface area contributed by atoms with Crippen LogP contribution >= 0.6 is 0 Å². The third-order valence-corrected chi connectivity index (χ3v) is 3.31. The smallest absolute Gasteiger partial charge is 0.338 e. The van der Waals surface area contributed by atoms with Gasteiger partial charge in [0.25, 0.3) is 0 Å². The maximum atomic E-state index is 12.1. The van der Waals surface area contributed by atoms with E-state index in [1.54, 1.807) is 31.2 Å². The number of ether oxygens (including phenoxy) is 1. The topological polar surface area (TPSA) is 67.4 Å². The third kappa shape index (κ3) is 3.81. The predicted molar refractivity (Wildman–Crippen MR) is 76.6 cm³/mol. The Morgan fingerprint density at radius 3 is 3.00 bits per heavy atom. The Morgan fingerprint density at radius 2 is 2.30 bits per heavy atom. The molecule has 1 amide bonds. The number of carbonyl (C=O) groups is 2. The van der Waals surface area contributed by atoms with E-state index < -0.39 is 0 Å². The van der Waals surface area contributed by atoms with Crippen molar-refractivity contribution < 1.29 is 14.3 Å². The molecule has 5 heteroatoms. The Hall–Kier alpha value is -1.88. The summed E-state index contributed by atoms with van der Waals surface area (Å²) in [4.78, 5) is 23.7. The number of benzene rings is 1. The van der Waals surface area contributed by atoms with Gasteiger partial charge in [0.15, 0.2) is 0 Å². The van der Waals surface area contributed by atoms with Crippen molar-refractivity contribution in [2.24, 2.45) is 5.92 Å². The normalized spacial score (nSPS) is 18.4. The second-order valence-electron chi connectivity index (χ2n) is 4.83. The van der Waals surface area contributed by atoms with Crippen LogP contribution in [-0.2, 0) is 9.53 Å². The standard InChI is InChI=1S/C15H20N2O3/c1-2-20-15(19)11-5-3-7-13(9-11)17-14(18)12-6-4-8-16-10-12/h3,5,7,9,12,16H,2,4,6,8,10H2,1H3,(H,17,18). The van der Waals surface area contributed by atoms with Crippen LogP contribution in [0.1, 0.15) is 30.1 Å². The zero-order valence-corrected chi connectivity index (χ0v) is 11.6.